The second-order valence-corrected chi connectivity index (χ2v) is 9.98. The zero-order valence-corrected chi connectivity index (χ0v) is 19.3. The Hall–Kier alpha value is -2.17. The molecule has 1 fully saturated rings. The molecule has 1 aromatic heterocycles. The van der Waals surface area contributed by atoms with Gasteiger partial charge in [-0.1, -0.05) is 47.5 Å². The first-order chi connectivity index (χ1) is 14.8. The van der Waals surface area contributed by atoms with Gasteiger partial charge in [-0.15, -0.1) is 0 Å². The van der Waals surface area contributed by atoms with Crippen molar-refractivity contribution in [3.8, 4) is 5.69 Å². The number of sulfonamides is 1. The molecule has 7 nitrogen and oxygen atoms in total. The normalized spacial score (nSPS) is 15.2. The highest BCUT2D eigenvalue weighted by Gasteiger charge is 2.33. The van der Waals surface area contributed by atoms with E-state index in [4.69, 9.17) is 35.4 Å². The number of nitrogens with one attached hydrogen (secondary N) is 1. The number of nitrogens with zero attached hydrogens (tertiary/aromatic N) is 3. The predicted molar refractivity (Wildman–Crippen MR) is 122 cm³/mol. The van der Waals surface area contributed by atoms with E-state index in [0.29, 0.717) is 10.5 Å². The molecule has 3 aromatic rings. The Morgan fingerprint density at radius 1 is 0.968 bits per heavy atom. The first-order valence-electron chi connectivity index (χ1n) is 9.40. The number of para-hydroxylation sites is 1. The van der Waals surface area contributed by atoms with E-state index in [1.165, 1.54) is 16.4 Å². The van der Waals surface area contributed by atoms with Crippen LogP contribution in [0.1, 0.15) is 10.5 Å². The molecule has 31 heavy (non-hydrogen) atoms. The number of benzene rings is 2. The second-order valence-electron chi connectivity index (χ2n) is 6.90. The summed E-state index contributed by atoms with van der Waals surface area (Å²) in [7, 11) is -3.83. The fourth-order valence-electron chi connectivity index (χ4n) is 3.48. The minimum absolute atomic E-state index is 0.00289. The third-order valence-corrected chi connectivity index (χ3v) is 8.24. The second kappa shape index (κ2) is 8.76. The van der Waals surface area contributed by atoms with Gasteiger partial charge in [0.05, 0.1) is 10.0 Å². The molecule has 2 aromatic carbocycles. The number of H-pyrrole nitrogens is 1. The summed E-state index contributed by atoms with van der Waals surface area (Å²) >= 11 is 17.4. The molecule has 0 saturated carbocycles. The highest BCUT2D eigenvalue weighted by Crippen LogP contribution is 2.31. The van der Waals surface area contributed by atoms with Gasteiger partial charge in [0.2, 0.25) is 10.0 Å². The third kappa shape index (κ3) is 4.16. The number of carbonyl (C=O) groups is 1. The maximum atomic E-state index is 13.2. The molecule has 2 heterocycles. The molecule has 1 N–H and O–H groups in total. The molecule has 0 radical (unpaired) electrons. The van der Waals surface area contributed by atoms with E-state index in [9.17, 15) is 13.2 Å². The van der Waals surface area contributed by atoms with Crippen LogP contribution in [0.5, 0.6) is 0 Å². The Bertz CT molecular complexity index is 1280. The minimum Gasteiger partial charge on any atom is -0.336 e. The van der Waals surface area contributed by atoms with Crippen LogP contribution in [0.4, 0.5) is 0 Å². The standard InChI is InChI=1S/C20H18Cl2N4O3S2/c21-15-7-4-8-17(18(15)22)31(28,29)25-11-9-24(10-12-25)19(27)16-13-23-20(30)26(16)14-5-2-1-3-6-14/h1-8,13H,9-12H2,(H,23,30). The smallest absolute Gasteiger partial charge is 0.272 e. The number of hydrogen-bond donors (Lipinski definition) is 1. The number of halogens is 2. The first-order valence-corrected chi connectivity index (χ1v) is 12.0. The minimum atomic E-state index is -3.83. The molecule has 4 rings (SSSR count). The Morgan fingerprint density at radius 2 is 1.65 bits per heavy atom. The van der Waals surface area contributed by atoms with Crippen molar-refractivity contribution in [2.45, 2.75) is 4.90 Å². The van der Waals surface area contributed by atoms with Crippen molar-refractivity contribution in [1.82, 2.24) is 18.8 Å². The SMILES string of the molecule is O=C(c1c[nH]c(=S)n1-c1ccccc1)N1CCN(S(=O)(=O)c2cccc(Cl)c2Cl)CC1. The van der Waals surface area contributed by atoms with Crippen molar-refractivity contribution < 1.29 is 13.2 Å². The third-order valence-electron chi connectivity index (χ3n) is 5.07. The lowest BCUT2D eigenvalue weighted by Crippen LogP contribution is -2.50. The van der Waals surface area contributed by atoms with Gasteiger partial charge in [0.1, 0.15) is 10.6 Å². The number of aromatic nitrogens is 2. The molecule has 0 unspecified atom stereocenters. The van der Waals surface area contributed by atoms with Crippen LogP contribution in [-0.2, 0) is 10.0 Å². The van der Waals surface area contributed by atoms with Gasteiger partial charge < -0.3 is 9.88 Å². The lowest BCUT2D eigenvalue weighted by molar-refractivity contribution is 0.0689. The first kappa shape index (κ1) is 22.0. The van der Waals surface area contributed by atoms with Crippen LogP contribution in [0, 0.1) is 4.77 Å². The topological polar surface area (TPSA) is 78.4 Å². The van der Waals surface area contributed by atoms with Gasteiger partial charge in [-0.2, -0.15) is 4.31 Å². The van der Waals surface area contributed by atoms with Gasteiger partial charge in [-0.05, 0) is 36.5 Å². The van der Waals surface area contributed by atoms with Crippen LogP contribution in [0.3, 0.4) is 0 Å². The average Bonchev–Trinajstić information content (AvgIpc) is 3.17. The number of piperazine rings is 1. The fraction of sp³-hybridized carbons (Fsp3) is 0.200. The number of amides is 1. The number of imidazole rings is 1. The Balaban J connectivity index is 1.53. The zero-order chi connectivity index (χ0) is 22.2. The Labute approximate surface area is 194 Å². The van der Waals surface area contributed by atoms with Gasteiger partial charge >= 0.3 is 0 Å². The lowest BCUT2D eigenvalue weighted by atomic mass is 10.3. The van der Waals surface area contributed by atoms with Crippen LogP contribution in [0.15, 0.2) is 59.6 Å². The van der Waals surface area contributed by atoms with E-state index in [-0.39, 0.29) is 47.0 Å². The van der Waals surface area contributed by atoms with Gasteiger partial charge in [0.15, 0.2) is 4.77 Å². The summed E-state index contributed by atoms with van der Waals surface area (Å²) in [6.45, 7) is 0.771. The van der Waals surface area contributed by atoms with Crippen LogP contribution in [0.25, 0.3) is 5.69 Å². The molecule has 162 valence electrons. The summed E-state index contributed by atoms with van der Waals surface area (Å²) in [5.41, 5.74) is 1.17. The summed E-state index contributed by atoms with van der Waals surface area (Å²) < 4.78 is 29.4. The molecule has 11 heteroatoms. The molecule has 0 aliphatic carbocycles. The van der Waals surface area contributed by atoms with E-state index in [0.717, 1.165) is 5.69 Å². The van der Waals surface area contributed by atoms with Gasteiger partial charge in [-0.3, -0.25) is 9.36 Å². The lowest BCUT2D eigenvalue weighted by Gasteiger charge is -2.34. The number of carbonyl (C=O) groups excluding carboxylic acids is 1. The van der Waals surface area contributed by atoms with Crippen molar-refractivity contribution in [3.05, 3.63) is 75.2 Å². The van der Waals surface area contributed by atoms with Crippen molar-refractivity contribution in [1.29, 1.82) is 0 Å². The van der Waals surface area contributed by atoms with Gasteiger partial charge in [0.25, 0.3) is 5.91 Å². The monoisotopic (exact) mass is 496 g/mol. The van der Waals surface area contributed by atoms with Crippen LogP contribution < -0.4 is 0 Å². The molecule has 1 amide bonds. The van der Waals surface area contributed by atoms with Crippen molar-refractivity contribution in [2.24, 2.45) is 0 Å². The number of hydrogen-bond acceptors (Lipinski definition) is 4. The van der Waals surface area contributed by atoms with E-state index in [1.54, 1.807) is 21.7 Å². The molecule has 0 atom stereocenters. The fourth-order valence-corrected chi connectivity index (χ4v) is 5.90. The molecule has 0 spiro atoms. The Morgan fingerprint density at radius 3 is 2.32 bits per heavy atom. The maximum Gasteiger partial charge on any atom is 0.272 e. The highest BCUT2D eigenvalue weighted by molar-refractivity contribution is 7.89. The molecular formula is C20H18Cl2N4O3S2. The van der Waals surface area contributed by atoms with Crippen LogP contribution in [0.2, 0.25) is 10.0 Å². The summed E-state index contributed by atoms with van der Waals surface area (Å²) in [5.74, 6) is -0.228. The molecule has 0 bridgehead atoms. The van der Waals surface area contributed by atoms with Gasteiger partial charge in [-0.25, -0.2) is 8.42 Å². The summed E-state index contributed by atoms with van der Waals surface area (Å²) in [6.07, 6.45) is 1.58. The predicted octanol–water partition coefficient (Wildman–Crippen LogP) is 3.99. The Kier molecular flexibility index (Phi) is 6.23. The van der Waals surface area contributed by atoms with E-state index < -0.39 is 10.0 Å². The van der Waals surface area contributed by atoms with Crippen LogP contribution in [-0.4, -0.2) is 59.3 Å². The van der Waals surface area contributed by atoms with E-state index >= 15 is 0 Å². The van der Waals surface area contributed by atoms with E-state index in [2.05, 4.69) is 4.98 Å². The number of aromatic amines is 1. The largest absolute Gasteiger partial charge is 0.336 e. The number of rotatable bonds is 4. The summed E-state index contributed by atoms with van der Waals surface area (Å²) in [6, 6.07) is 13.8. The molecule has 1 aliphatic heterocycles. The molecule has 1 saturated heterocycles. The zero-order valence-electron chi connectivity index (χ0n) is 16.2. The quantitative estimate of drug-likeness (QED) is 0.553. The maximum absolute atomic E-state index is 13.2. The van der Waals surface area contributed by atoms with Crippen molar-refractivity contribution in [3.63, 3.8) is 0 Å². The average molecular weight is 497 g/mol. The van der Waals surface area contributed by atoms with E-state index in [1.807, 2.05) is 30.3 Å². The van der Waals surface area contributed by atoms with Crippen molar-refractivity contribution in [2.75, 3.05) is 26.2 Å². The van der Waals surface area contributed by atoms with Crippen LogP contribution >= 0.6 is 35.4 Å². The van der Waals surface area contributed by atoms with Gasteiger partial charge in [0, 0.05) is 38.1 Å². The summed E-state index contributed by atoms with van der Waals surface area (Å²) in [5, 5.41) is 0.172. The highest BCUT2D eigenvalue weighted by atomic mass is 35.5. The summed E-state index contributed by atoms with van der Waals surface area (Å²) in [4.78, 5) is 17.7. The molecule has 1 aliphatic rings. The molecular weight excluding hydrogens is 479 g/mol. The van der Waals surface area contributed by atoms with Crippen molar-refractivity contribution >= 4 is 51.4 Å².